The zero-order valence-corrected chi connectivity index (χ0v) is 19.8. The van der Waals surface area contributed by atoms with E-state index >= 15 is 0 Å². The van der Waals surface area contributed by atoms with E-state index in [2.05, 4.69) is 32.2 Å². The Morgan fingerprint density at radius 3 is 2.77 bits per heavy atom. The van der Waals surface area contributed by atoms with Gasteiger partial charge >= 0.3 is 0 Å². The molecule has 0 fully saturated rings. The van der Waals surface area contributed by atoms with Gasteiger partial charge in [-0.15, -0.1) is 0 Å². The van der Waals surface area contributed by atoms with Gasteiger partial charge in [-0.05, 0) is 60.8 Å². The number of methoxy groups -OCH3 is 1. The highest BCUT2D eigenvalue weighted by atomic mass is 32.2. The molecule has 2 aromatic rings. The molecule has 6 heteroatoms. The van der Waals surface area contributed by atoms with E-state index in [0.717, 1.165) is 25.0 Å². The molecule has 2 atom stereocenters. The summed E-state index contributed by atoms with van der Waals surface area (Å²) in [5.41, 5.74) is 3.69. The van der Waals surface area contributed by atoms with Crippen LogP contribution in [0.2, 0.25) is 0 Å². The van der Waals surface area contributed by atoms with Gasteiger partial charge in [-0.2, -0.15) is 5.26 Å². The van der Waals surface area contributed by atoms with E-state index in [1.54, 1.807) is 7.11 Å². The Balaban J connectivity index is 1.80. The summed E-state index contributed by atoms with van der Waals surface area (Å²) in [7, 11) is 1.58. The van der Waals surface area contributed by atoms with Crippen molar-refractivity contribution >= 4 is 23.4 Å². The number of nitrogens with one attached hydrogen (secondary N) is 1. The van der Waals surface area contributed by atoms with Crippen LogP contribution in [0.4, 0.5) is 5.69 Å². The first kappa shape index (κ1) is 23.1. The van der Waals surface area contributed by atoms with Gasteiger partial charge in [0.05, 0.1) is 23.6 Å². The molecule has 0 spiro atoms. The molecule has 1 heterocycles. The maximum atomic E-state index is 13.0. The molecule has 31 heavy (non-hydrogen) atoms. The molecule has 1 aromatic heterocycles. The Morgan fingerprint density at radius 1 is 1.39 bits per heavy atom. The highest BCUT2D eigenvalue weighted by Crippen LogP contribution is 2.39. The number of anilines is 1. The SMILES string of the molecule is CCC(Sc1nc2c(cc1C#N)CC(C(C)(C)C)CC2)C(=O)Nc1ccccc1OC. The number of aryl methyl sites for hydroxylation is 1. The lowest BCUT2D eigenvalue weighted by Gasteiger charge is -2.34. The third-order valence-corrected chi connectivity index (χ3v) is 7.35. The van der Waals surface area contributed by atoms with Crippen molar-refractivity contribution in [1.82, 2.24) is 4.98 Å². The van der Waals surface area contributed by atoms with E-state index in [4.69, 9.17) is 9.72 Å². The highest BCUT2D eigenvalue weighted by molar-refractivity contribution is 8.00. The average molecular weight is 438 g/mol. The van der Waals surface area contributed by atoms with E-state index in [9.17, 15) is 10.1 Å². The molecule has 164 valence electrons. The molecule has 2 unspecified atom stereocenters. The van der Waals surface area contributed by atoms with Gasteiger partial charge in [0.15, 0.2) is 0 Å². The third kappa shape index (κ3) is 5.40. The highest BCUT2D eigenvalue weighted by Gasteiger charge is 2.30. The molecule has 1 N–H and O–H groups in total. The smallest absolute Gasteiger partial charge is 0.238 e. The summed E-state index contributed by atoms with van der Waals surface area (Å²) in [6, 6.07) is 11.6. The fourth-order valence-electron chi connectivity index (χ4n) is 3.97. The first-order chi connectivity index (χ1) is 14.8. The number of carbonyl (C=O) groups is 1. The molecule has 1 amide bonds. The largest absolute Gasteiger partial charge is 0.495 e. The maximum Gasteiger partial charge on any atom is 0.238 e. The average Bonchev–Trinajstić information content (AvgIpc) is 2.76. The molecule has 0 bridgehead atoms. The van der Waals surface area contributed by atoms with Crippen LogP contribution in [0.25, 0.3) is 0 Å². The van der Waals surface area contributed by atoms with Gasteiger partial charge in [-0.3, -0.25) is 4.79 Å². The number of benzene rings is 1. The van der Waals surface area contributed by atoms with Crippen LogP contribution in [0.3, 0.4) is 0 Å². The number of nitrogens with zero attached hydrogens (tertiary/aromatic N) is 2. The normalized spacial score (nSPS) is 16.7. The number of hydrogen-bond acceptors (Lipinski definition) is 5. The molecule has 0 radical (unpaired) electrons. The van der Waals surface area contributed by atoms with Crippen molar-refractivity contribution < 1.29 is 9.53 Å². The number of rotatable bonds is 6. The zero-order valence-electron chi connectivity index (χ0n) is 19.0. The number of fused-ring (bicyclic) bond motifs is 1. The van der Waals surface area contributed by atoms with Gasteiger partial charge in [-0.1, -0.05) is 51.6 Å². The van der Waals surface area contributed by atoms with Crippen LogP contribution in [0.5, 0.6) is 5.75 Å². The van der Waals surface area contributed by atoms with Gasteiger partial charge in [0.2, 0.25) is 5.91 Å². The van der Waals surface area contributed by atoms with Crippen molar-refractivity contribution in [3.05, 3.63) is 47.2 Å². The van der Waals surface area contributed by atoms with Crippen LogP contribution in [-0.2, 0) is 17.6 Å². The first-order valence-electron chi connectivity index (χ1n) is 10.8. The minimum atomic E-state index is -0.353. The summed E-state index contributed by atoms with van der Waals surface area (Å²) in [4.78, 5) is 17.8. The van der Waals surface area contributed by atoms with Crippen molar-refractivity contribution in [2.24, 2.45) is 11.3 Å². The Morgan fingerprint density at radius 2 is 2.13 bits per heavy atom. The number of pyridine rings is 1. The maximum absolute atomic E-state index is 13.0. The quantitative estimate of drug-likeness (QED) is 0.594. The molecule has 0 saturated carbocycles. The third-order valence-electron chi connectivity index (χ3n) is 5.98. The van der Waals surface area contributed by atoms with Gasteiger partial charge in [0, 0.05) is 5.69 Å². The topological polar surface area (TPSA) is 75.0 Å². The van der Waals surface area contributed by atoms with Crippen LogP contribution in [-0.4, -0.2) is 23.3 Å². The molecule has 1 aliphatic carbocycles. The molecule has 5 nitrogen and oxygen atoms in total. The zero-order chi connectivity index (χ0) is 22.6. The predicted octanol–water partition coefficient (Wildman–Crippen LogP) is 5.62. The van der Waals surface area contributed by atoms with Crippen LogP contribution >= 0.6 is 11.8 Å². The van der Waals surface area contributed by atoms with E-state index in [1.165, 1.54) is 17.3 Å². The lowest BCUT2D eigenvalue weighted by molar-refractivity contribution is -0.115. The number of amides is 1. The van der Waals surface area contributed by atoms with Crippen LogP contribution < -0.4 is 10.1 Å². The number of carbonyl (C=O) groups excluding carboxylic acids is 1. The van der Waals surface area contributed by atoms with E-state index < -0.39 is 0 Å². The van der Waals surface area contributed by atoms with Crippen molar-refractivity contribution in [2.75, 3.05) is 12.4 Å². The van der Waals surface area contributed by atoms with E-state index in [-0.39, 0.29) is 16.6 Å². The Labute approximate surface area is 189 Å². The summed E-state index contributed by atoms with van der Waals surface area (Å²) < 4.78 is 5.33. The molecular formula is C25H31N3O2S. The predicted molar refractivity (Wildman–Crippen MR) is 125 cm³/mol. The van der Waals surface area contributed by atoms with Crippen LogP contribution in [0.1, 0.15) is 57.4 Å². The number of thioether (sulfide) groups is 1. The molecule has 1 aromatic carbocycles. The fraction of sp³-hybridized carbons (Fsp3) is 0.480. The lowest BCUT2D eigenvalue weighted by Crippen LogP contribution is -2.28. The van der Waals surface area contributed by atoms with Crippen LogP contribution in [0, 0.1) is 22.7 Å². The van der Waals surface area contributed by atoms with Crippen molar-refractivity contribution in [3.8, 4) is 11.8 Å². The summed E-state index contributed by atoms with van der Waals surface area (Å²) in [5.74, 6) is 1.09. The van der Waals surface area contributed by atoms with Gasteiger partial charge in [0.1, 0.15) is 16.8 Å². The van der Waals surface area contributed by atoms with Crippen molar-refractivity contribution in [2.45, 2.75) is 63.7 Å². The minimum absolute atomic E-state index is 0.117. The Kier molecular flexibility index (Phi) is 7.27. The summed E-state index contributed by atoms with van der Waals surface area (Å²) in [5, 5.41) is 13.0. The Bertz CT molecular complexity index is 991. The standard InChI is InChI=1S/C25H31N3O2S/c1-6-22(23(29)27-20-9-7-8-10-21(20)30-5)31-24-17(15-26)13-16-14-18(25(2,3)4)11-12-19(16)28-24/h7-10,13,18,22H,6,11-12,14H2,1-5H3,(H,27,29). The second-order valence-electron chi connectivity index (χ2n) is 9.07. The van der Waals surface area contributed by atoms with Crippen LogP contribution in [0.15, 0.2) is 35.4 Å². The molecule has 1 aliphatic rings. The molecule has 3 rings (SSSR count). The number of aromatic nitrogens is 1. The summed E-state index contributed by atoms with van der Waals surface area (Å²) in [6.07, 6.45) is 3.60. The minimum Gasteiger partial charge on any atom is -0.495 e. The molecule has 0 saturated heterocycles. The number of para-hydroxylation sites is 2. The van der Waals surface area contributed by atoms with Crippen molar-refractivity contribution in [3.63, 3.8) is 0 Å². The lowest BCUT2D eigenvalue weighted by atomic mass is 9.71. The monoisotopic (exact) mass is 437 g/mol. The van der Waals surface area contributed by atoms with Gasteiger partial charge in [-0.25, -0.2) is 4.98 Å². The number of nitriles is 1. The second-order valence-corrected chi connectivity index (χ2v) is 10.3. The van der Waals surface area contributed by atoms with E-state index in [1.807, 2.05) is 37.3 Å². The summed E-state index contributed by atoms with van der Waals surface area (Å²) in [6.45, 7) is 8.80. The Hall–Kier alpha value is -2.52. The second kappa shape index (κ2) is 9.74. The molecular weight excluding hydrogens is 406 g/mol. The summed E-state index contributed by atoms with van der Waals surface area (Å²) >= 11 is 1.37. The van der Waals surface area contributed by atoms with Crippen molar-refractivity contribution in [1.29, 1.82) is 5.26 Å². The first-order valence-corrected chi connectivity index (χ1v) is 11.7. The van der Waals surface area contributed by atoms with E-state index in [0.29, 0.717) is 34.4 Å². The van der Waals surface area contributed by atoms with Gasteiger partial charge in [0.25, 0.3) is 0 Å². The number of ether oxygens (including phenoxy) is 1. The number of hydrogen-bond donors (Lipinski definition) is 1. The fourth-order valence-corrected chi connectivity index (χ4v) is 4.97. The van der Waals surface area contributed by atoms with Gasteiger partial charge < -0.3 is 10.1 Å². The molecule has 0 aliphatic heterocycles.